The van der Waals surface area contributed by atoms with Crippen LogP contribution in [0.4, 0.5) is 4.79 Å². The zero-order valence-corrected chi connectivity index (χ0v) is 28.9. The molecule has 0 aliphatic carbocycles. The highest BCUT2D eigenvalue weighted by molar-refractivity contribution is 6.39. The number of rotatable bonds is 11. The minimum absolute atomic E-state index is 0.0305. The van der Waals surface area contributed by atoms with E-state index in [1.807, 2.05) is 0 Å². The van der Waals surface area contributed by atoms with E-state index in [9.17, 15) is 43.5 Å². The highest BCUT2D eigenvalue weighted by Gasteiger charge is 2.45. The van der Waals surface area contributed by atoms with Crippen molar-refractivity contribution in [3.05, 3.63) is 57.6 Å². The number of Topliss-reactive ketones (excluding diaryl/α,β-unsaturated/α-hetero) is 1. The van der Waals surface area contributed by atoms with Gasteiger partial charge in [0.25, 0.3) is 11.8 Å². The van der Waals surface area contributed by atoms with E-state index in [0.717, 1.165) is 14.7 Å². The van der Waals surface area contributed by atoms with Gasteiger partial charge >= 0.3 is 18.0 Å². The lowest BCUT2D eigenvalue weighted by Crippen LogP contribution is -2.64. The average Bonchev–Trinajstić information content (AvgIpc) is 3.50. The van der Waals surface area contributed by atoms with Crippen molar-refractivity contribution in [2.75, 3.05) is 19.8 Å². The van der Waals surface area contributed by atoms with Crippen molar-refractivity contribution >= 4 is 81.7 Å². The fourth-order valence-corrected chi connectivity index (χ4v) is 6.27. The summed E-state index contributed by atoms with van der Waals surface area (Å²) in [4.78, 5) is 104. The number of carboxylic acid groups (broad SMARTS) is 1. The predicted molar refractivity (Wildman–Crippen MR) is 178 cm³/mol. The van der Waals surface area contributed by atoms with Crippen molar-refractivity contribution in [2.45, 2.75) is 57.2 Å². The van der Waals surface area contributed by atoms with E-state index < -0.39 is 78.6 Å². The summed E-state index contributed by atoms with van der Waals surface area (Å²) in [5.41, 5.74) is 0.305. The Morgan fingerprint density at radius 2 is 1.77 bits per heavy atom. The average molecular weight is 761 g/mol. The van der Waals surface area contributed by atoms with E-state index in [2.05, 4.69) is 20.9 Å². The van der Waals surface area contributed by atoms with E-state index in [4.69, 9.17) is 32.7 Å². The van der Waals surface area contributed by atoms with Crippen molar-refractivity contribution in [1.29, 1.82) is 0 Å². The number of aromatic nitrogens is 3. The molecule has 0 bridgehead atoms. The Kier molecular flexibility index (Phi) is 11.7. The molecule has 3 N–H and O–H groups in total. The van der Waals surface area contributed by atoms with Gasteiger partial charge < -0.3 is 25.2 Å². The Morgan fingerprint density at radius 3 is 2.46 bits per heavy atom. The molecule has 3 aromatic rings. The van der Waals surface area contributed by atoms with Crippen LogP contribution in [0.2, 0.25) is 10.0 Å². The summed E-state index contributed by atoms with van der Waals surface area (Å²) in [5.74, 6) is -6.46. The number of amides is 4. The number of carbonyl (C=O) groups excluding carboxylic acids is 7. The smallest absolute Gasteiger partial charge is 0.436 e. The van der Waals surface area contributed by atoms with Crippen molar-refractivity contribution in [1.82, 2.24) is 35.6 Å². The van der Waals surface area contributed by atoms with Crippen LogP contribution < -0.4 is 10.6 Å². The van der Waals surface area contributed by atoms with Gasteiger partial charge in [-0.05, 0) is 56.5 Å². The Balaban J connectivity index is 1.30. The minimum Gasteiger partial charge on any atom is -0.481 e. The number of hydrazine groups is 1. The molecule has 3 atom stereocenters. The fourth-order valence-electron chi connectivity index (χ4n) is 5.72. The molecule has 18 nitrogen and oxygen atoms in total. The van der Waals surface area contributed by atoms with E-state index in [1.54, 1.807) is 6.92 Å². The molecule has 0 radical (unpaired) electrons. The maximum atomic E-state index is 13.9. The molecule has 52 heavy (non-hydrogen) atoms. The number of aliphatic carboxylic acids is 1. The van der Waals surface area contributed by atoms with Crippen LogP contribution in [0.25, 0.3) is 11.0 Å². The standard InChI is InChI=1S/C32H31Cl2N7O11/c1-2-51-32(50)40-22-10-8-16(13-20(22)37-38-40)28(46)35-19-9-11-25(43)39-12-4-7-23(41(39)30(19)48)29(47)36-21(14-26(44)45)24(42)15-52-31(49)27-17(33)5-3-6-18(27)34/h3,5-6,8,10,13,19,21,23H,2,4,7,9,11-12,14-15H2,1H3,(H,35,46)(H,36,47)(H,44,45)/t19?,21-,23?/m0/s1. The molecule has 0 spiro atoms. The van der Waals surface area contributed by atoms with E-state index in [1.165, 1.54) is 36.4 Å². The minimum atomic E-state index is -1.69. The van der Waals surface area contributed by atoms with Gasteiger partial charge in [-0.25, -0.2) is 14.6 Å². The molecule has 1 aromatic heterocycles. The molecule has 2 aliphatic rings. The van der Waals surface area contributed by atoms with Crippen LogP contribution in [-0.4, -0.2) is 115 Å². The Hall–Kier alpha value is -5.62. The van der Waals surface area contributed by atoms with Crippen LogP contribution in [0.5, 0.6) is 0 Å². The third-order valence-corrected chi connectivity index (χ3v) is 8.84. The molecule has 2 fully saturated rings. The normalized spacial score (nSPS) is 17.8. The molecule has 20 heteroatoms. The number of ketones is 1. The number of carboxylic acids is 1. The summed E-state index contributed by atoms with van der Waals surface area (Å²) in [6, 6.07) is 4.06. The van der Waals surface area contributed by atoms with Gasteiger partial charge in [-0.15, -0.1) is 9.78 Å². The zero-order chi connectivity index (χ0) is 37.7. The SMILES string of the molecule is CCOC(=O)n1nnc2cc(C(=O)NC3CCC(=O)N4CCCC(C(=O)N[C@@H](CC(=O)O)C(=O)COC(=O)c5c(Cl)cccc5Cl)N4C3=O)ccc21. The zero-order valence-electron chi connectivity index (χ0n) is 27.4. The van der Waals surface area contributed by atoms with Gasteiger partial charge in [-0.1, -0.05) is 34.5 Å². The quantitative estimate of drug-likeness (QED) is 0.237. The highest BCUT2D eigenvalue weighted by atomic mass is 35.5. The van der Waals surface area contributed by atoms with Gasteiger partial charge in [0.15, 0.2) is 12.4 Å². The molecule has 4 amide bonds. The lowest BCUT2D eigenvalue weighted by molar-refractivity contribution is -0.176. The number of benzene rings is 2. The van der Waals surface area contributed by atoms with E-state index in [-0.39, 0.29) is 71.0 Å². The van der Waals surface area contributed by atoms with Gasteiger partial charge in [0, 0.05) is 18.5 Å². The summed E-state index contributed by atoms with van der Waals surface area (Å²) in [6.07, 6.45) is -1.60. The van der Waals surface area contributed by atoms with Gasteiger partial charge in [0.05, 0.1) is 28.6 Å². The summed E-state index contributed by atoms with van der Waals surface area (Å²) in [6.45, 7) is 0.865. The second kappa shape index (κ2) is 16.2. The first-order valence-electron chi connectivity index (χ1n) is 15.9. The maximum Gasteiger partial charge on any atom is 0.436 e. The number of hydrogen-bond acceptors (Lipinski definition) is 12. The number of esters is 1. The lowest BCUT2D eigenvalue weighted by Gasteiger charge is -2.43. The number of hydrogen-bond donors (Lipinski definition) is 3. The van der Waals surface area contributed by atoms with Gasteiger partial charge in [0.2, 0.25) is 11.8 Å². The second-order valence-electron chi connectivity index (χ2n) is 11.6. The van der Waals surface area contributed by atoms with Crippen LogP contribution in [0.1, 0.15) is 59.7 Å². The molecule has 2 aromatic carbocycles. The van der Waals surface area contributed by atoms with E-state index >= 15 is 0 Å². The van der Waals surface area contributed by atoms with Gasteiger partial charge in [-0.2, -0.15) is 0 Å². The predicted octanol–water partition coefficient (Wildman–Crippen LogP) is 1.76. The summed E-state index contributed by atoms with van der Waals surface area (Å²) < 4.78 is 10.9. The summed E-state index contributed by atoms with van der Waals surface area (Å²) >= 11 is 12.0. The molecule has 2 unspecified atom stereocenters. The first kappa shape index (κ1) is 37.6. The van der Waals surface area contributed by atoms with Gasteiger partial charge in [0.1, 0.15) is 29.2 Å². The van der Waals surface area contributed by atoms with Crippen LogP contribution in [0.15, 0.2) is 36.4 Å². The molecule has 3 heterocycles. The summed E-state index contributed by atoms with van der Waals surface area (Å²) in [5, 5.41) is 24.0. The maximum absolute atomic E-state index is 13.9. The third-order valence-electron chi connectivity index (χ3n) is 8.21. The number of nitrogens with zero attached hydrogens (tertiary/aromatic N) is 5. The highest BCUT2D eigenvalue weighted by Crippen LogP contribution is 2.27. The number of nitrogens with one attached hydrogen (secondary N) is 2. The molecular weight excluding hydrogens is 729 g/mol. The van der Waals surface area contributed by atoms with Crippen LogP contribution >= 0.6 is 23.2 Å². The topological polar surface area (TPSA) is 236 Å². The van der Waals surface area contributed by atoms with E-state index in [0.29, 0.717) is 0 Å². The molecule has 2 aliphatic heterocycles. The molecular formula is C32H31Cl2N7O11. The second-order valence-corrected chi connectivity index (χ2v) is 12.4. The molecule has 0 saturated carbocycles. The Bertz CT molecular complexity index is 1950. The van der Waals surface area contributed by atoms with Crippen molar-refractivity contribution in [3.8, 4) is 0 Å². The van der Waals surface area contributed by atoms with Crippen LogP contribution in [-0.2, 0) is 33.4 Å². The van der Waals surface area contributed by atoms with Crippen LogP contribution in [0.3, 0.4) is 0 Å². The summed E-state index contributed by atoms with van der Waals surface area (Å²) in [7, 11) is 0. The van der Waals surface area contributed by atoms with Crippen LogP contribution in [0, 0.1) is 0 Å². The number of fused-ring (bicyclic) bond motifs is 2. The molecule has 2 saturated heterocycles. The fraction of sp³-hybridized carbons (Fsp3) is 0.375. The van der Waals surface area contributed by atoms with Crippen molar-refractivity contribution in [3.63, 3.8) is 0 Å². The number of ether oxygens (including phenoxy) is 2. The van der Waals surface area contributed by atoms with Crippen molar-refractivity contribution in [2.24, 2.45) is 0 Å². The first-order valence-corrected chi connectivity index (χ1v) is 16.7. The first-order chi connectivity index (χ1) is 24.8. The monoisotopic (exact) mass is 759 g/mol. The number of halogens is 2. The largest absolute Gasteiger partial charge is 0.481 e. The van der Waals surface area contributed by atoms with Gasteiger partial charge in [-0.3, -0.25) is 33.8 Å². The number of carbonyl (C=O) groups is 8. The Labute approximate surface area is 304 Å². The Morgan fingerprint density at radius 1 is 1.04 bits per heavy atom. The van der Waals surface area contributed by atoms with Crippen molar-refractivity contribution < 1.29 is 52.9 Å². The third kappa shape index (κ3) is 8.13. The molecule has 274 valence electrons. The molecule has 5 rings (SSSR count). The lowest BCUT2D eigenvalue weighted by atomic mass is 10.0.